The van der Waals surface area contributed by atoms with E-state index in [4.69, 9.17) is 34.8 Å². The molecule has 1 amide bonds. The van der Waals surface area contributed by atoms with Crippen LogP contribution in [0.5, 0.6) is 0 Å². The number of amides is 1. The summed E-state index contributed by atoms with van der Waals surface area (Å²) in [7, 11) is -3.44. The van der Waals surface area contributed by atoms with Crippen LogP contribution in [-0.2, 0) is 10.0 Å². The third-order valence-electron chi connectivity index (χ3n) is 3.65. The number of aryl methyl sites for hydroxylation is 1. The number of halogens is 3. The molecule has 3 rings (SSSR count). The first-order valence-corrected chi connectivity index (χ1v) is 11.4. The van der Waals surface area contributed by atoms with Gasteiger partial charge in [0.05, 0.1) is 22.0 Å². The smallest absolute Gasteiger partial charge is 0.267 e. The van der Waals surface area contributed by atoms with Gasteiger partial charge in [0.15, 0.2) is 0 Å². The lowest BCUT2D eigenvalue weighted by Gasteiger charge is -2.11. The Bertz CT molecular complexity index is 1170. The monoisotopic (exact) mass is 462 g/mol. The lowest BCUT2D eigenvalue weighted by Crippen LogP contribution is -2.13. The summed E-state index contributed by atoms with van der Waals surface area (Å²) in [4.78, 5) is 13.0. The van der Waals surface area contributed by atoms with Crippen LogP contribution >= 0.6 is 46.1 Å². The third-order valence-corrected chi connectivity index (χ3v) is 6.38. The molecule has 1 aromatic heterocycles. The Kier molecular flexibility index (Phi) is 5.61. The predicted molar refractivity (Wildman–Crippen MR) is 114 cm³/mol. The molecule has 0 radical (unpaired) electrons. The van der Waals surface area contributed by atoms with E-state index in [1.54, 1.807) is 37.3 Å². The highest BCUT2D eigenvalue weighted by molar-refractivity contribution is 7.92. The Labute approximate surface area is 175 Å². The van der Waals surface area contributed by atoms with E-state index >= 15 is 0 Å². The van der Waals surface area contributed by atoms with E-state index in [2.05, 4.69) is 10.0 Å². The van der Waals surface area contributed by atoms with Crippen LogP contribution < -0.4 is 10.0 Å². The van der Waals surface area contributed by atoms with Crippen molar-refractivity contribution in [2.24, 2.45) is 0 Å². The van der Waals surface area contributed by atoms with E-state index in [1.807, 2.05) is 0 Å². The van der Waals surface area contributed by atoms with Gasteiger partial charge in [0.1, 0.15) is 4.88 Å². The molecule has 0 unspecified atom stereocenters. The number of carbonyl (C=O) groups is 1. The van der Waals surface area contributed by atoms with E-state index < -0.39 is 15.9 Å². The number of hydrogen-bond acceptors (Lipinski definition) is 4. The Balaban J connectivity index is 1.94. The zero-order valence-corrected chi connectivity index (χ0v) is 18.0. The average molecular weight is 464 g/mol. The molecule has 0 aliphatic rings. The van der Waals surface area contributed by atoms with E-state index in [9.17, 15) is 13.2 Å². The van der Waals surface area contributed by atoms with E-state index in [0.29, 0.717) is 31.5 Å². The van der Waals surface area contributed by atoms with Gasteiger partial charge in [-0.15, -0.1) is 11.3 Å². The predicted octanol–water partition coefficient (Wildman–Crippen LogP) is 5.79. The van der Waals surface area contributed by atoms with Crippen LogP contribution in [0.1, 0.15) is 15.2 Å². The van der Waals surface area contributed by atoms with Crippen LogP contribution in [0.4, 0.5) is 11.4 Å². The van der Waals surface area contributed by atoms with Crippen molar-refractivity contribution in [3.63, 3.8) is 0 Å². The molecule has 27 heavy (non-hydrogen) atoms. The first-order valence-electron chi connectivity index (χ1n) is 7.52. The van der Waals surface area contributed by atoms with Crippen molar-refractivity contribution in [3.05, 3.63) is 55.8 Å². The van der Waals surface area contributed by atoms with Crippen LogP contribution in [0.2, 0.25) is 15.1 Å². The molecule has 2 N–H and O–H groups in total. The molecule has 5 nitrogen and oxygen atoms in total. The van der Waals surface area contributed by atoms with E-state index in [0.717, 1.165) is 11.8 Å². The second-order valence-electron chi connectivity index (χ2n) is 5.86. The molecular formula is C17H13Cl3N2O3S2. The highest BCUT2D eigenvalue weighted by atomic mass is 35.5. The molecule has 3 aromatic rings. The summed E-state index contributed by atoms with van der Waals surface area (Å²) in [5.41, 5.74) is 1.53. The van der Waals surface area contributed by atoms with E-state index in [-0.39, 0.29) is 9.90 Å². The standard InChI is InChI=1S/C17H13Cl3N2O3S2/c1-8-3-4-10(7-12(8)22-27(2,24)25)21-17(23)16-15(20)14-11(19)5-9(18)6-13(14)26-16/h3-7,22H,1-2H3,(H,21,23). The minimum atomic E-state index is -3.44. The van der Waals surface area contributed by atoms with Gasteiger partial charge in [-0.05, 0) is 36.8 Å². The molecule has 1 heterocycles. The second-order valence-corrected chi connectivity index (χ2v) is 9.89. The quantitative estimate of drug-likeness (QED) is 0.514. The Morgan fingerprint density at radius 2 is 1.81 bits per heavy atom. The largest absolute Gasteiger partial charge is 0.321 e. The van der Waals surface area contributed by atoms with Crippen molar-refractivity contribution >= 4 is 83.5 Å². The van der Waals surface area contributed by atoms with Gasteiger partial charge >= 0.3 is 0 Å². The summed E-state index contributed by atoms with van der Waals surface area (Å²) in [5, 5.41) is 4.36. The van der Waals surface area contributed by atoms with Gasteiger partial charge in [0.2, 0.25) is 10.0 Å². The van der Waals surface area contributed by atoms with Gasteiger partial charge in [-0.25, -0.2) is 8.42 Å². The number of hydrogen-bond donors (Lipinski definition) is 2. The van der Waals surface area contributed by atoms with Gasteiger partial charge in [-0.2, -0.15) is 0 Å². The summed E-state index contributed by atoms with van der Waals surface area (Å²) < 4.78 is 26.1. The normalized spacial score (nSPS) is 11.6. The number of rotatable bonds is 4. The van der Waals surface area contributed by atoms with Crippen LogP contribution in [0.15, 0.2) is 30.3 Å². The zero-order chi connectivity index (χ0) is 19.9. The van der Waals surface area contributed by atoms with Crippen molar-refractivity contribution in [2.45, 2.75) is 6.92 Å². The highest BCUT2D eigenvalue weighted by Crippen LogP contribution is 2.41. The summed E-state index contributed by atoms with van der Waals surface area (Å²) in [6.45, 7) is 1.76. The maximum atomic E-state index is 12.7. The first-order chi connectivity index (χ1) is 12.5. The summed E-state index contributed by atoms with van der Waals surface area (Å²) in [5.74, 6) is -0.428. The lowest BCUT2D eigenvalue weighted by molar-refractivity contribution is 0.103. The molecule has 0 fully saturated rings. The highest BCUT2D eigenvalue weighted by Gasteiger charge is 2.20. The minimum Gasteiger partial charge on any atom is -0.321 e. The maximum absolute atomic E-state index is 12.7. The molecular weight excluding hydrogens is 451 g/mol. The number of benzene rings is 2. The van der Waals surface area contributed by atoms with Gasteiger partial charge in [-0.3, -0.25) is 9.52 Å². The van der Waals surface area contributed by atoms with Gasteiger partial charge in [0.25, 0.3) is 5.91 Å². The number of sulfonamides is 1. The Morgan fingerprint density at radius 3 is 2.48 bits per heavy atom. The molecule has 0 saturated heterocycles. The number of carbonyl (C=O) groups excluding carboxylic acids is 1. The molecule has 10 heteroatoms. The molecule has 2 aromatic carbocycles. The fraction of sp³-hybridized carbons (Fsp3) is 0.118. The van der Waals surface area contributed by atoms with Crippen LogP contribution in [0, 0.1) is 6.92 Å². The molecule has 0 spiro atoms. The van der Waals surface area contributed by atoms with Crippen molar-refractivity contribution in [2.75, 3.05) is 16.3 Å². The summed E-state index contributed by atoms with van der Waals surface area (Å²) in [6, 6.07) is 8.17. The maximum Gasteiger partial charge on any atom is 0.267 e. The second kappa shape index (κ2) is 7.48. The van der Waals surface area contributed by atoms with Crippen molar-refractivity contribution in [1.82, 2.24) is 0 Å². The first kappa shape index (κ1) is 20.2. The summed E-state index contributed by atoms with van der Waals surface area (Å²) in [6.07, 6.45) is 1.06. The van der Waals surface area contributed by atoms with Crippen LogP contribution in [0.25, 0.3) is 10.1 Å². The molecule has 0 aliphatic carbocycles. The van der Waals surface area contributed by atoms with Crippen LogP contribution in [0.3, 0.4) is 0 Å². The zero-order valence-electron chi connectivity index (χ0n) is 14.1. The van der Waals surface area contributed by atoms with Crippen molar-refractivity contribution in [1.29, 1.82) is 0 Å². The average Bonchev–Trinajstić information content (AvgIpc) is 2.86. The lowest BCUT2D eigenvalue weighted by atomic mass is 10.2. The number of nitrogens with one attached hydrogen (secondary N) is 2. The molecule has 0 saturated carbocycles. The molecule has 142 valence electrons. The topological polar surface area (TPSA) is 75.3 Å². The van der Waals surface area contributed by atoms with Crippen molar-refractivity contribution in [3.8, 4) is 0 Å². The fourth-order valence-corrected chi connectivity index (χ4v) is 5.35. The molecule has 0 atom stereocenters. The fourth-order valence-electron chi connectivity index (χ4n) is 2.46. The summed E-state index contributed by atoms with van der Waals surface area (Å²) >= 11 is 19.7. The minimum absolute atomic E-state index is 0.246. The van der Waals surface area contributed by atoms with E-state index in [1.165, 1.54) is 11.3 Å². The Hall–Kier alpha value is -1.51. The molecule has 0 bridgehead atoms. The SMILES string of the molecule is Cc1ccc(NC(=O)c2sc3cc(Cl)cc(Cl)c3c2Cl)cc1NS(C)(=O)=O. The van der Waals surface area contributed by atoms with Crippen molar-refractivity contribution < 1.29 is 13.2 Å². The van der Waals surface area contributed by atoms with Gasteiger partial charge < -0.3 is 5.32 Å². The van der Waals surface area contributed by atoms with Gasteiger partial charge in [-0.1, -0.05) is 40.9 Å². The molecule has 0 aliphatic heterocycles. The number of thiophene rings is 1. The van der Waals surface area contributed by atoms with Crippen LogP contribution in [-0.4, -0.2) is 20.6 Å². The number of fused-ring (bicyclic) bond motifs is 1. The Morgan fingerprint density at radius 1 is 1.11 bits per heavy atom. The third kappa shape index (κ3) is 4.50. The van der Waals surface area contributed by atoms with Gasteiger partial charge in [0, 0.05) is 20.8 Å². The number of anilines is 2.